The van der Waals surface area contributed by atoms with Crippen LogP contribution in [0.2, 0.25) is 0 Å². The molecule has 3 nitrogen and oxygen atoms in total. The summed E-state index contributed by atoms with van der Waals surface area (Å²) in [6, 6.07) is 30.3. The molecule has 25 heavy (non-hydrogen) atoms. The molecule has 3 heteroatoms. The van der Waals surface area contributed by atoms with Gasteiger partial charge in [0.1, 0.15) is 0 Å². The van der Waals surface area contributed by atoms with Crippen molar-refractivity contribution in [1.82, 2.24) is 4.98 Å². The number of nitrogens with zero attached hydrogens (tertiary/aromatic N) is 2. The normalized spacial score (nSPS) is 11.0. The van der Waals surface area contributed by atoms with E-state index in [0.29, 0.717) is 0 Å². The second-order valence-electron chi connectivity index (χ2n) is 5.72. The molecule has 0 atom stereocenters. The molecule has 0 aliphatic carbocycles. The monoisotopic (exact) mass is 323 g/mol. The Morgan fingerprint density at radius 3 is 2.24 bits per heavy atom. The lowest BCUT2D eigenvalue weighted by atomic mass is 10.0. The van der Waals surface area contributed by atoms with Crippen molar-refractivity contribution in [2.24, 2.45) is 5.10 Å². The van der Waals surface area contributed by atoms with Crippen molar-refractivity contribution in [3.05, 3.63) is 96.6 Å². The van der Waals surface area contributed by atoms with Gasteiger partial charge in [0.05, 0.1) is 23.1 Å². The third kappa shape index (κ3) is 3.40. The molecule has 0 saturated carbocycles. The number of hydrogen-bond acceptors (Lipinski definition) is 3. The molecule has 0 spiro atoms. The lowest BCUT2D eigenvalue weighted by Crippen LogP contribution is -1.94. The smallest absolute Gasteiger partial charge is 0.0716 e. The quantitative estimate of drug-likeness (QED) is 0.406. The first-order valence-corrected chi connectivity index (χ1v) is 8.19. The lowest BCUT2D eigenvalue weighted by molar-refractivity contribution is 1.34. The average Bonchev–Trinajstić information content (AvgIpc) is 2.69. The molecule has 1 heterocycles. The second-order valence-corrected chi connectivity index (χ2v) is 5.72. The average molecular weight is 323 g/mol. The molecule has 4 rings (SSSR count). The maximum Gasteiger partial charge on any atom is 0.0716 e. The summed E-state index contributed by atoms with van der Waals surface area (Å²) in [4.78, 5) is 4.79. The Balaban J connectivity index is 1.74. The molecule has 3 aromatic carbocycles. The SMILES string of the molecule is C(=NNc1ccccc1)c1cc(-c2ccccc2)nc2ccccc12. The fourth-order valence-electron chi connectivity index (χ4n) is 2.75. The molecule has 0 saturated heterocycles. The van der Waals surface area contributed by atoms with Crippen molar-refractivity contribution in [3.63, 3.8) is 0 Å². The lowest BCUT2D eigenvalue weighted by Gasteiger charge is -2.07. The van der Waals surface area contributed by atoms with Gasteiger partial charge in [-0.15, -0.1) is 0 Å². The van der Waals surface area contributed by atoms with Gasteiger partial charge < -0.3 is 0 Å². The summed E-state index contributed by atoms with van der Waals surface area (Å²) in [5.41, 5.74) is 8.06. The number of anilines is 1. The van der Waals surface area contributed by atoms with E-state index in [1.165, 1.54) is 0 Å². The van der Waals surface area contributed by atoms with Crippen LogP contribution in [0.5, 0.6) is 0 Å². The van der Waals surface area contributed by atoms with E-state index >= 15 is 0 Å². The molecule has 120 valence electrons. The summed E-state index contributed by atoms with van der Waals surface area (Å²) in [7, 11) is 0. The third-order valence-corrected chi connectivity index (χ3v) is 3.99. The van der Waals surface area contributed by atoms with Gasteiger partial charge in [0.25, 0.3) is 0 Å². The Bertz CT molecular complexity index is 1010. The fraction of sp³-hybridized carbons (Fsp3) is 0. The van der Waals surface area contributed by atoms with Crippen molar-refractivity contribution in [2.45, 2.75) is 0 Å². The Labute approximate surface area is 146 Å². The Morgan fingerprint density at radius 2 is 1.44 bits per heavy atom. The standard InChI is InChI=1S/C22H17N3/c1-3-9-17(10-4-1)22-15-18(20-13-7-8-14-21(20)24-22)16-23-25-19-11-5-2-6-12-19/h1-16,25H. The van der Waals surface area contributed by atoms with Crippen LogP contribution in [-0.4, -0.2) is 11.2 Å². The summed E-state index contributed by atoms with van der Waals surface area (Å²) in [5, 5.41) is 5.48. The highest BCUT2D eigenvalue weighted by Gasteiger charge is 2.05. The van der Waals surface area contributed by atoms with Crippen molar-refractivity contribution < 1.29 is 0 Å². The predicted molar refractivity (Wildman–Crippen MR) is 105 cm³/mol. The van der Waals surface area contributed by atoms with Crippen molar-refractivity contribution in [1.29, 1.82) is 0 Å². The zero-order chi connectivity index (χ0) is 16.9. The zero-order valence-corrected chi connectivity index (χ0v) is 13.6. The summed E-state index contributed by atoms with van der Waals surface area (Å²) in [6.45, 7) is 0. The first-order chi connectivity index (χ1) is 12.4. The van der Waals surface area contributed by atoms with Gasteiger partial charge in [0.2, 0.25) is 0 Å². The van der Waals surface area contributed by atoms with Crippen molar-refractivity contribution in [3.8, 4) is 11.3 Å². The van der Waals surface area contributed by atoms with Gasteiger partial charge in [-0.2, -0.15) is 5.10 Å². The highest BCUT2D eigenvalue weighted by molar-refractivity contribution is 6.00. The number of pyridine rings is 1. The second kappa shape index (κ2) is 6.97. The number of hydrogen-bond donors (Lipinski definition) is 1. The van der Waals surface area contributed by atoms with E-state index in [0.717, 1.165) is 33.4 Å². The van der Waals surface area contributed by atoms with Crippen LogP contribution in [0.4, 0.5) is 5.69 Å². The molecule has 4 aromatic rings. The number of benzene rings is 3. The number of fused-ring (bicyclic) bond motifs is 1. The molecule has 0 aliphatic rings. The maximum absolute atomic E-state index is 4.79. The van der Waals surface area contributed by atoms with E-state index in [-0.39, 0.29) is 0 Å². The summed E-state index contributed by atoms with van der Waals surface area (Å²) < 4.78 is 0. The summed E-state index contributed by atoms with van der Waals surface area (Å²) in [5.74, 6) is 0. The van der Waals surface area contributed by atoms with Crippen LogP contribution in [0, 0.1) is 0 Å². The number of rotatable bonds is 4. The minimum absolute atomic E-state index is 0.945. The predicted octanol–water partition coefficient (Wildman–Crippen LogP) is 5.35. The van der Waals surface area contributed by atoms with Gasteiger partial charge in [-0.1, -0.05) is 66.7 Å². The van der Waals surface area contributed by atoms with Crippen LogP contribution >= 0.6 is 0 Å². The molecule has 1 N–H and O–H groups in total. The molecule has 1 aromatic heterocycles. The van der Waals surface area contributed by atoms with E-state index in [9.17, 15) is 0 Å². The molecule has 0 aliphatic heterocycles. The van der Waals surface area contributed by atoms with Crippen LogP contribution in [0.15, 0.2) is 96.1 Å². The minimum atomic E-state index is 0.945. The topological polar surface area (TPSA) is 37.3 Å². The van der Waals surface area contributed by atoms with E-state index in [4.69, 9.17) is 4.98 Å². The van der Waals surface area contributed by atoms with Gasteiger partial charge in [0.15, 0.2) is 0 Å². The van der Waals surface area contributed by atoms with Crippen LogP contribution in [-0.2, 0) is 0 Å². The summed E-state index contributed by atoms with van der Waals surface area (Å²) >= 11 is 0. The Kier molecular flexibility index (Phi) is 4.21. The van der Waals surface area contributed by atoms with Crippen molar-refractivity contribution in [2.75, 3.05) is 5.43 Å². The molecule has 0 fully saturated rings. The zero-order valence-electron chi connectivity index (χ0n) is 13.6. The number of aromatic nitrogens is 1. The molecular formula is C22H17N3. The van der Waals surface area contributed by atoms with Crippen LogP contribution < -0.4 is 5.43 Å². The van der Waals surface area contributed by atoms with E-state index < -0.39 is 0 Å². The largest absolute Gasteiger partial charge is 0.279 e. The fourth-order valence-corrected chi connectivity index (χ4v) is 2.75. The van der Waals surface area contributed by atoms with Gasteiger partial charge in [-0.25, -0.2) is 4.98 Å². The van der Waals surface area contributed by atoms with E-state index in [2.05, 4.69) is 34.8 Å². The molecule has 0 amide bonds. The Hall–Kier alpha value is -3.46. The van der Waals surface area contributed by atoms with Gasteiger partial charge in [0, 0.05) is 16.5 Å². The maximum atomic E-state index is 4.79. The van der Waals surface area contributed by atoms with Crippen LogP contribution in [0.1, 0.15) is 5.56 Å². The van der Waals surface area contributed by atoms with Crippen LogP contribution in [0.25, 0.3) is 22.2 Å². The Morgan fingerprint density at radius 1 is 0.760 bits per heavy atom. The third-order valence-electron chi connectivity index (χ3n) is 3.99. The first-order valence-electron chi connectivity index (χ1n) is 8.19. The van der Waals surface area contributed by atoms with E-state index in [1.54, 1.807) is 0 Å². The van der Waals surface area contributed by atoms with Gasteiger partial charge >= 0.3 is 0 Å². The van der Waals surface area contributed by atoms with E-state index in [1.807, 2.05) is 72.9 Å². The summed E-state index contributed by atoms with van der Waals surface area (Å²) in [6.07, 6.45) is 1.85. The number of nitrogens with one attached hydrogen (secondary N) is 1. The molecule has 0 unspecified atom stereocenters. The van der Waals surface area contributed by atoms with Gasteiger partial charge in [-0.3, -0.25) is 5.43 Å². The minimum Gasteiger partial charge on any atom is -0.279 e. The molecule has 0 radical (unpaired) electrons. The first kappa shape index (κ1) is 15.1. The van der Waals surface area contributed by atoms with Crippen LogP contribution in [0.3, 0.4) is 0 Å². The number of hydrazone groups is 1. The van der Waals surface area contributed by atoms with Gasteiger partial charge in [-0.05, 0) is 24.3 Å². The highest BCUT2D eigenvalue weighted by Crippen LogP contribution is 2.23. The number of para-hydroxylation sites is 2. The highest BCUT2D eigenvalue weighted by atomic mass is 15.3. The molecular weight excluding hydrogens is 306 g/mol. The molecule has 0 bridgehead atoms. The van der Waals surface area contributed by atoms with Crippen molar-refractivity contribution >= 4 is 22.8 Å².